The molecule has 0 aliphatic carbocycles. The second kappa shape index (κ2) is 8.35. The van der Waals surface area contributed by atoms with Crippen molar-refractivity contribution in [3.63, 3.8) is 0 Å². The standard InChI is InChI=1S/C26H24N6O/c1-17-9-7-8-10-20(17)16-31-14-13-23(30-31)28-26(33)22-15-18(2)27-25-24(22)19(3)29-32(25)21-11-5-4-6-12-21/h4-15H,16H2,1-3H3,(H,28,30,33). The van der Waals surface area contributed by atoms with E-state index in [0.29, 0.717) is 23.6 Å². The minimum Gasteiger partial charge on any atom is -0.305 e. The second-order valence-corrected chi connectivity index (χ2v) is 8.12. The van der Waals surface area contributed by atoms with Crippen molar-refractivity contribution in [1.29, 1.82) is 0 Å². The summed E-state index contributed by atoms with van der Waals surface area (Å²) in [6.07, 6.45) is 1.87. The van der Waals surface area contributed by atoms with Gasteiger partial charge in [0.25, 0.3) is 5.91 Å². The maximum atomic E-state index is 13.3. The van der Waals surface area contributed by atoms with Crippen molar-refractivity contribution in [2.45, 2.75) is 27.3 Å². The smallest absolute Gasteiger partial charge is 0.257 e. The number of rotatable bonds is 5. The highest BCUT2D eigenvalue weighted by Gasteiger charge is 2.20. The van der Waals surface area contributed by atoms with Crippen LogP contribution in [0.4, 0.5) is 5.82 Å². The highest BCUT2D eigenvalue weighted by Crippen LogP contribution is 2.25. The first-order valence-electron chi connectivity index (χ1n) is 10.8. The number of carbonyl (C=O) groups excluding carboxylic acids is 1. The maximum Gasteiger partial charge on any atom is 0.257 e. The number of benzene rings is 2. The summed E-state index contributed by atoms with van der Waals surface area (Å²) in [7, 11) is 0. The first-order valence-corrected chi connectivity index (χ1v) is 10.8. The van der Waals surface area contributed by atoms with Crippen LogP contribution in [-0.4, -0.2) is 30.5 Å². The van der Waals surface area contributed by atoms with E-state index in [2.05, 4.69) is 39.6 Å². The van der Waals surface area contributed by atoms with Gasteiger partial charge in [0.2, 0.25) is 0 Å². The van der Waals surface area contributed by atoms with Gasteiger partial charge < -0.3 is 5.32 Å². The van der Waals surface area contributed by atoms with Crippen LogP contribution in [0.25, 0.3) is 16.7 Å². The molecule has 3 aromatic heterocycles. The molecule has 5 rings (SSSR count). The summed E-state index contributed by atoms with van der Waals surface area (Å²) in [6, 6.07) is 21.6. The number of fused-ring (bicyclic) bond motifs is 1. The predicted molar refractivity (Wildman–Crippen MR) is 129 cm³/mol. The Hall–Kier alpha value is -4.26. The molecule has 33 heavy (non-hydrogen) atoms. The first-order chi connectivity index (χ1) is 16.0. The Labute approximate surface area is 191 Å². The van der Waals surface area contributed by atoms with E-state index < -0.39 is 0 Å². The number of para-hydroxylation sites is 1. The SMILES string of the molecule is Cc1cc(C(=O)Nc2ccn(Cc3ccccc3C)n2)c2c(C)nn(-c3ccccc3)c2n1. The summed E-state index contributed by atoms with van der Waals surface area (Å²) in [5, 5.41) is 12.9. The molecule has 0 saturated heterocycles. The van der Waals surface area contributed by atoms with Gasteiger partial charge in [0, 0.05) is 18.0 Å². The van der Waals surface area contributed by atoms with Crippen LogP contribution in [0.15, 0.2) is 72.9 Å². The Morgan fingerprint density at radius 3 is 2.48 bits per heavy atom. The molecule has 0 aliphatic heterocycles. The van der Waals surface area contributed by atoms with Crippen LogP contribution in [0.2, 0.25) is 0 Å². The van der Waals surface area contributed by atoms with Gasteiger partial charge in [0.1, 0.15) is 0 Å². The Morgan fingerprint density at radius 2 is 1.70 bits per heavy atom. The van der Waals surface area contributed by atoms with Gasteiger partial charge in [-0.15, -0.1) is 0 Å². The van der Waals surface area contributed by atoms with E-state index in [0.717, 1.165) is 22.5 Å². The van der Waals surface area contributed by atoms with E-state index in [-0.39, 0.29) is 5.91 Å². The quantitative estimate of drug-likeness (QED) is 0.428. The Kier molecular flexibility index (Phi) is 5.22. The van der Waals surface area contributed by atoms with Crippen molar-refractivity contribution in [2.75, 3.05) is 5.32 Å². The average molecular weight is 437 g/mol. The molecule has 2 aromatic carbocycles. The zero-order chi connectivity index (χ0) is 22.9. The molecule has 0 atom stereocenters. The van der Waals surface area contributed by atoms with Crippen molar-refractivity contribution in [3.05, 3.63) is 101 Å². The van der Waals surface area contributed by atoms with Gasteiger partial charge in [0.05, 0.1) is 28.9 Å². The van der Waals surface area contributed by atoms with Gasteiger partial charge in [0.15, 0.2) is 11.5 Å². The first kappa shape index (κ1) is 20.6. The van der Waals surface area contributed by atoms with Crippen LogP contribution in [0, 0.1) is 20.8 Å². The van der Waals surface area contributed by atoms with E-state index in [1.807, 2.05) is 73.3 Å². The molecule has 0 fully saturated rings. The molecule has 164 valence electrons. The molecular weight excluding hydrogens is 412 g/mol. The number of hydrogen-bond acceptors (Lipinski definition) is 4. The van der Waals surface area contributed by atoms with Crippen molar-refractivity contribution in [3.8, 4) is 5.69 Å². The molecule has 0 saturated carbocycles. The zero-order valence-corrected chi connectivity index (χ0v) is 18.8. The summed E-state index contributed by atoms with van der Waals surface area (Å²) in [4.78, 5) is 18.0. The van der Waals surface area contributed by atoms with Crippen LogP contribution in [0.3, 0.4) is 0 Å². The molecule has 0 spiro atoms. The van der Waals surface area contributed by atoms with E-state index >= 15 is 0 Å². The molecule has 0 radical (unpaired) electrons. The monoisotopic (exact) mass is 436 g/mol. The summed E-state index contributed by atoms with van der Waals surface area (Å²) < 4.78 is 3.61. The number of pyridine rings is 1. The number of amides is 1. The van der Waals surface area contributed by atoms with Crippen molar-refractivity contribution in [2.24, 2.45) is 0 Å². The van der Waals surface area contributed by atoms with Gasteiger partial charge in [-0.25, -0.2) is 9.67 Å². The fourth-order valence-corrected chi connectivity index (χ4v) is 4.00. The molecule has 0 aliphatic rings. The number of aryl methyl sites for hydroxylation is 3. The van der Waals surface area contributed by atoms with E-state index in [9.17, 15) is 4.79 Å². The lowest BCUT2D eigenvalue weighted by molar-refractivity contribution is 0.102. The fourth-order valence-electron chi connectivity index (χ4n) is 4.00. The normalized spacial score (nSPS) is 11.1. The zero-order valence-electron chi connectivity index (χ0n) is 18.8. The van der Waals surface area contributed by atoms with Crippen LogP contribution >= 0.6 is 0 Å². The topological polar surface area (TPSA) is 77.6 Å². The summed E-state index contributed by atoms with van der Waals surface area (Å²) in [6.45, 7) is 6.50. The van der Waals surface area contributed by atoms with Crippen LogP contribution in [-0.2, 0) is 6.54 Å². The third kappa shape index (κ3) is 4.01. The average Bonchev–Trinajstić information content (AvgIpc) is 3.39. The van der Waals surface area contributed by atoms with E-state index in [4.69, 9.17) is 0 Å². The van der Waals surface area contributed by atoms with E-state index in [1.54, 1.807) is 10.7 Å². The van der Waals surface area contributed by atoms with Crippen LogP contribution in [0.1, 0.15) is 32.9 Å². The number of aromatic nitrogens is 5. The highest BCUT2D eigenvalue weighted by atomic mass is 16.1. The molecule has 1 N–H and O–H groups in total. The Bertz CT molecular complexity index is 1470. The minimum atomic E-state index is -0.234. The summed E-state index contributed by atoms with van der Waals surface area (Å²) in [5.41, 5.74) is 5.98. The maximum absolute atomic E-state index is 13.3. The van der Waals surface area contributed by atoms with Gasteiger partial charge >= 0.3 is 0 Å². The van der Waals surface area contributed by atoms with Gasteiger partial charge in [-0.2, -0.15) is 10.2 Å². The predicted octanol–water partition coefficient (Wildman–Crippen LogP) is 4.84. The van der Waals surface area contributed by atoms with Crippen molar-refractivity contribution >= 4 is 22.8 Å². The summed E-state index contributed by atoms with van der Waals surface area (Å²) >= 11 is 0. The number of nitrogens with one attached hydrogen (secondary N) is 1. The highest BCUT2D eigenvalue weighted by molar-refractivity contribution is 6.12. The molecule has 3 heterocycles. The summed E-state index contributed by atoms with van der Waals surface area (Å²) in [5.74, 6) is 0.270. The van der Waals surface area contributed by atoms with Crippen LogP contribution in [0.5, 0.6) is 0 Å². The van der Waals surface area contributed by atoms with Gasteiger partial charge in [-0.1, -0.05) is 42.5 Å². The van der Waals surface area contributed by atoms with E-state index in [1.165, 1.54) is 11.1 Å². The Balaban J connectivity index is 1.45. The lowest BCUT2D eigenvalue weighted by Crippen LogP contribution is -2.14. The van der Waals surface area contributed by atoms with Crippen molar-refractivity contribution < 1.29 is 4.79 Å². The van der Waals surface area contributed by atoms with Crippen LogP contribution < -0.4 is 5.32 Å². The lowest BCUT2D eigenvalue weighted by Gasteiger charge is -2.08. The molecule has 0 bridgehead atoms. The Morgan fingerprint density at radius 1 is 0.939 bits per heavy atom. The van der Waals surface area contributed by atoms with Gasteiger partial charge in [-0.05, 0) is 50.1 Å². The molecule has 5 aromatic rings. The number of nitrogens with zero attached hydrogens (tertiary/aromatic N) is 5. The fraction of sp³-hybridized carbons (Fsp3) is 0.154. The third-order valence-corrected chi connectivity index (χ3v) is 5.66. The molecule has 7 nitrogen and oxygen atoms in total. The van der Waals surface area contributed by atoms with Gasteiger partial charge in [-0.3, -0.25) is 9.48 Å². The number of anilines is 1. The lowest BCUT2D eigenvalue weighted by atomic mass is 10.1. The molecule has 1 amide bonds. The minimum absolute atomic E-state index is 0.234. The third-order valence-electron chi connectivity index (χ3n) is 5.66. The molecular formula is C26H24N6O. The second-order valence-electron chi connectivity index (χ2n) is 8.12. The van der Waals surface area contributed by atoms with Crippen molar-refractivity contribution in [1.82, 2.24) is 24.5 Å². The number of carbonyl (C=O) groups is 1. The number of hydrogen-bond donors (Lipinski definition) is 1. The largest absolute Gasteiger partial charge is 0.305 e. The molecule has 0 unspecified atom stereocenters. The molecule has 7 heteroatoms.